The van der Waals surface area contributed by atoms with E-state index in [-0.39, 0.29) is 16.9 Å². The molecule has 3 rings (SSSR count). The Balaban J connectivity index is 1.95. The number of nitro groups is 1. The Hall–Kier alpha value is -4.02. The minimum atomic E-state index is -4.65. The number of nitrogens with one attached hydrogen (secondary N) is 2. The molecule has 31 heavy (non-hydrogen) atoms. The van der Waals surface area contributed by atoms with E-state index >= 15 is 0 Å². The van der Waals surface area contributed by atoms with Gasteiger partial charge < -0.3 is 20.7 Å². The summed E-state index contributed by atoms with van der Waals surface area (Å²) in [7, 11) is 0. The molecule has 0 atom stereocenters. The number of hydrogen-bond acceptors (Lipinski definition) is 5. The van der Waals surface area contributed by atoms with Crippen LogP contribution in [-0.4, -0.2) is 15.8 Å². The van der Waals surface area contributed by atoms with Gasteiger partial charge in [0.05, 0.1) is 22.5 Å². The Kier molecular flexibility index (Phi) is 5.86. The molecule has 2 N–H and O–H groups in total. The van der Waals surface area contributed by atoms with Gasteiger partial charge in [-0.2, -0.15) is 13.2 Å². The highest BCUT2D eigenvalue weighted by molar-refractivity contribution is 6.08. The van der Waals surface area contributed by atoms with Crippen LogP contribution in [0.5, 0.6) is 0 Å². The molecule has 3 aromatic rings. The van der Waals surface area contributed by atoms with Crippen molar-refractivity contribution in [1.82, 2.24) is 4.98 Å². The van der Waals surface area contributed by atoms with Crippen LogP contribution in [0, 0.1) is 22.9 Å². The van der Waals surface area contributed by atoms with Crippen molar-refractivity contribution in [2.24, 2.45) is 0 Å². The highest BCUT2D eigenvalue weighted by atomic mass is 19.4. The molecule has 1 aromatic heterocycles. The molecule has 160 valence electrons. The third-order valence-corrected chi connectivity index (χ3v) is 4.24. The number of carbonyl (C=O) groups excluding carboxylic acids is 1. The van der Waals surface area contributed by atoms with E-state index in [1.54, 1.807) is 6.92 Å². The molecule has 0 unspecified atom stereocenters. The summed E-state index contributed by atoms with van der Waals surface area (Å²) in [5.74, 6) is -1.72. The zero-order chi connectivity index (χ0) is 22.8. The second-order valence-corrected chi connectivity index (χ2v) is 6.46. The number of anilines is 3. The van der Waals surface area contributed by atoms with Gasteiger partial charge in [0, 0.05) is 11.8 Å². The van der Waals surface area contributed by atoms with Gasteiger partial charge >= 0.3 is 12.0 Å². The van der Waals surface area contributed by atoms with Gasteiger partial charge in [0.25, 0.3) is 5.91 Å². The van der Waals surface area contributed by atoms with E-state index < -0.39 is 34.2 Å². The first-order valence-electron chi connectivity index (χ1n) is 8.71. The van der Waals surface area contributed by atoms with Gasteiger partial charge in [0.1, 0.15) is 5.82 Å². The first kappa shape index (κ1) is 21.7. The second-order valence-electron chi connectivity index (χ2n) is 6.46. The Morgan fingerprint density at radius 2 is 1.81 bits per heavy atom. The molecule has 0 radical (unpaired) electrons. The van der Waals surface area contributed by atoms with E-state index in [4.69, 9.17) is 0 Å². The first-order chi connectivity index (χ1) is 14.5. The van der Waals surface area contributed by atoms with Crippen LogP contribution in [0.25, 0.3) is 0 Å². The fraction of sp³-hybridized carbons (Fsp3) is 0.100. The number of alkyl halides is 3. The summed E-state index contributed by atoms with van der Waals surface area (Å²) in [4.78, 5) is 26.2. The molecular weight excluding hydrogens is 420 g/mol. The molecule has 0 aliphatic carbocycles. The topological polar surface area (TPSA) is 97.2 Å². The summed E-state index contributed by atoms with van der Waals surface area (Å²) < 4.78 is 52.9. The van der Waals surface area contributed by atoms with E-state index in [1.165, 1.54) is 18.2 Å². The lowest BCUT2D eigenvalue weighted by atomic mass is 10.1. The van der Waals surface area contributed by atoms with Crippen LogP contribution in [0.2, 0.25) is 0 Å². The fourth-order valence-corrected chi connectivity index (χ4v) is 2.70. The molecule has 2 aromatic carbocycles. The minimum absolute atomic E-state index is 0.111. The van der Waals surface area contributed by atoms with E-state index in [2.05, 4.69) is 15.6 Å². The Morgan fingerprint density at radius 3 is 2.39 bits per heavy atom. The largest absolute Gasteiger partial charge is 0.416 e. The van der Waals surface area contributed by atoms with Crippen LogP contribution in [0.4, 0.5) is 40.4 Å². The lowest BCUT2D eigenvalue weighted by molar-refractivity contribution is -0.389. The van der Waals surface area contributed by atoms with Crippen molar-refractivity contribution in [3.8, 4) is 0 Å². The van der Waals surface area contributed by atoms with Gasteiger partial charge in [-0.05, 0) is 64.9 Å². The molecular formula is C20H14F4N4O3. The van der Waals surface area contributed by atoms with E-state index in [0.717, 1.165) is 36.5 Å². The number of benzene rings is 2. The van der Waals surface area contributed by atoms with Crippen molar-refractivity contribution < 1.29 is 27.3 Å². The summed E-state index contributed by atoms with van der Waals surface area (Å²) in [6.45, 7) is 1.56. The summed E-state index contributed by atoms with van der Waals surface area (Å²) in [6, 6.07) is 8.50. The van der Waals surface area contributed by atoms with Crippen LogP contribution >= 0.6 is 0 Å². The molecule has 0 aliphatic rings. The highest BCUT2D eigenvalue weighted by Crippen LogP contribution is 2.34. The van der Waals surface area contributed by atoms with Gasteiger partial charge in [-0.3, -0.25) is 4.79 Å². The average Bonchev–Trinajstić information content (AvgIpc) is 2.69. The molecule has 7 nitrogen and oxygen atoms in total. The van der Waals surface area contributed by atoms with Crippen LogP contribution in [0.15, 0.2) is 54.7 Å². The van der Waals surface area contributed by atoms with Crippen LogP contribution in [0.1, 0.15) is 21.5 Å². The fourth-order valence-electron chi connectivity index (χ4n) is 2.70. The summed E-state index contributed by atoms with van der Waals surface area (Å²) >= 11 is 0. The first-order valence-corrected chi connectivity index (χ1v) is 8.71. The van der Waals surface area contributed by atoms with Crippen LogP contribution in [0.3, 0.4) is 0 Å². The van der Waals surface area contributed by atoms with Crippen molar-refractivity contribution in [3.63, 3.8) is 0 Å². The molecule has 1 heterocycles. The summed E-state index contributed by atoms with van der Waals surface area (Å²) in [5.41, 5.74) is -0.426. The maximum absolute atomic E-state index is 13.3. The highest BCUT2D eigenvalue weighted by Gasteiger charge is 2.31. The number of pyridine rings is 1. The Morgan fingerprint density at radius 1 is 1.06 bits per heavy atom. The van der Waals surface area contributed by atoms with Gasteiger partial charge in [-0.25, -0.2) is 4.39 Å². The van der Waals surface area contributed by atoms with Crippen molar-refractivity contribution in [3.05, 3.63) is 87.3 Å². The number of rotatable bonds is 5. The standard InChI is InChI=1S/C20H14F4N4O3/c1-11-8-13(21)3-6-16(11)27-17-9-12(20(22,23)24)2-5-15(17)19(29)26-14-4-7-18(25-10-14)28(30)31/h2-10,27H,1H3,(H,26,29). The number of halogens is 4. The van der Waals surface area contributed by atoms with Crippen molar-refractivity contribution in [2.75, 3.05) is 10.6 Å². The Labute approximate surface area is 172 Å². The number of amides is 1. The normalized spacial score (nSPS) is 11.1. The third kappa shape index (κ3) is 5.13. The van der Waals surface area contributed by atoms with Gasteiger partial charge in [0.15, 0.2) is 6.20 Å². The number of carbonyl (C=O) groups is 1. The number of aryl methyl sites for hydroxylation is 1. The van der Waals surface area contributed by atoms with E-state index in [0.29, 0.717) is 11.3 Å². The van der Waals surface area contributed by atoms with E-state index in [9.17, 15) is 32.5 Å². The molecule has 0 saturated heterocycles. The lowest BCUT2D eigenvalue weighted by Gasteiger charge is -2.16. The molecule has 1 amide bonds. The SMILES string of the molecule is Cc1cc(F)ccc1Nc1cc(C(F)(F)F)ccc1C(=O)Nc1ccc([N+](=O)[O-])nc1. The summed E-state index contributed by atoms with van der Waals surface area (Å²) in [6.07, 6.45) is -3.59. The second kappa shape index (κ2) is 8.38. The van der Waals surface area contributed by atoms with Crippen LogP contribution in [-0.2, 0) is 6.18 Å². The van der Waals surface area contributed by atoms with Crippen LogP contribution < -0.4 is 10.6 Å². The maximum Gasteiger partial charge on any atom is 0.416 e. The number of nitrogens with zero attached hydrogens (tertiary/aromatic N) is 2. The molecule has 0 fully saturated rings. The molecule has 0 bridgehead atoms. The minimum Gasteiger partial charge on any atom is -0.358 e. The zero-order valence-corrected chi connectivity index (χ0v) is 15.8. The van der Waals surface area contributed by atoms with Crippen molar-refractivity contribution in [1.29, 1.82) is 0 Å². The number of aromatic nitrogens is 1. The molecule has 11 heteroatoms. The monoisotopic (exact) mass is 434 g/mol. The quantitative estimate of drug-likeness (QED) is 0.316. The van der Waals surface area contributed by atoms with Crippen molar-refractivity contribution >= 4 is 28.8 Å². The average molecular weight is 434 g/mol. The zero-order valence-electron chi connectivity index (χ0n) is 15.8. The molecule has 0 saturated carbocycles. The predicted octanol–water partition coefficient (Wildman–Crippen LogP) is 5.45. The van der Waals surface area contributed by atoms with Gasteiger partial charge in [0.2, 0.25) is 0 Å². The maximum atomic E-state index is 13.3. The summed E-state index contributed by atoms with van der Waals surface area (Å²) in [5, 5.41) is 15.8. The smallest absolute Gasteiger partial charge is 0.358 e. The van der Waals surface area contributed by atoms with E-state index in [1.807, 2.05) is 0 Å². The molecule has 0 spiro atoms. The predicted molar refractivity (Wildman–Crippen MR) is 105 cm³/mol. The third-order valence-electron chi connectivity index (χ3n) is 4.24. The Bertz CT molecular complexity index is 1150. The van der Waals surface area contributed by atoms with Crippen molar-refractivity contribution in [2.45, 2.75) is 13.1 Å². The molecule has 0 aliphatic heterocycles. The lowest BCUT2D eigenvalue weighted by Crippen LogP contribution is -2.16. The van der Waals surface area contributed by atoms with Gasteiger partial charge in [-0.15, -0.1) is 0 Å². The number of hydrogen-bond donors (Lipinski definition) is 2. The van der Waals surface area contributed by atoms with Gasteiger partial charge in [-0.1, -0.05) is 0 Å².